The SMILES string of the molecule is c1ccc2c(c1)Oc1cccc3c(-c4ccc(N(c5ccc6c(c5)oc5ccccc56)c5ccc6c(c5)oc5ccccc56)cc4)ccc-2c13. The van der Waals surface area contributed by atoms with Gasteiger partial charge in [0.05, 0.1) is 0 Å². The van der Waals surface area contributed by atoms with E-state index in [0.717, 1.165) is 89.0 Å². The van der Waals surface area contributed by atoms with E-state index in [2.05, 4.69) is 132 Å². The van der Waals surface area contributed by atoms with Crippen molar-refractivity contribution < 1.29 is 13.6 Å². The van der Waals surface area contributed by atoms with E-state index in [9.17, 15) is 0 Å². The Labute approximate surface area is 287 Å². The molecule has 0 amide bonds. The summed E-state index contributed by atoms with van der Waals surface area (Å²) in [6.45, 7) is 0. The Hall–Kier alpha value is -6.78. The summed E-state index contributed by atoms with van der Waals surface area (Å²) in [5.74, 6) is 1.79. The molecule has 0 spiro atoms. The van der Waals surface area contributed by atoms with Crippen LogP contribution in [0.3, 0.4) is 0 Å². The second kappa shape index (κ2) is 10.4. The Morgan fingerprint density at radius 2 is 0.880 bits per heavy atom. The molecule has 0 unspecified atom stereocenters. The van der Waals surface area contributed by atoms with Gasteiger partial charge in [0, 0.05) is 61.7 Å². The van der Waals surface area contributed by atoms with Gasteiger partial charge in [-0.15, -0.1) is 0 Å². The normalized spacial score (nSPS) is 12.2. The fraction of sp³-hybridized carbons (Fsp3) is 0. The molecule has 4 heteroatoms. The highest BCUT2D eigenvalue weighted by molar-refractivity contribution is 6.11. The van der Waals surface area contributed by atoms with Crippen LogP contribution in [0.15, 0.2) is 173 Å². The molecule has 3 heterocycles. The smallest absolute Gasteiger partial charge is 0.137 e. The third kappa shape index (κ3) is 3.99. The second-order valence-electron chi connectivity index (χ2n) is 12.9. The summed E-state index contributed by atoms with van der Waals surface area (Å²) in [4.78, 5) is 2.27. The number of para-hydroxylation sites is 3. The van der Waals surface area contributed by atoms with Crippen molar-refractivity contribution in [2.24, 2.45) is 0 Å². The summed E-state index contributed by atoms with van der Waals surface area (Å²) in [5, 5.41) is 6.74. The molecule has 0 bridgehead atoms. The van der Waals surface area contributed by atoms with Crippen LogP contribution < -0.4 is 9.64 Å². The molecule has 10 aromatic rings. The fourth-order valence-corrected chi connectivity index (χ4v) is 7.78. The van der Waals surface area contributed by atoms with E-state index in [1.165, 1.54) is 16.5 Å². The Kier molecular flexibility index (Phi) is 5.63. The number of rotatable bonds is 4. The number of ether oxygens (including phenoxy) is 1. The Balaban J connectivity index is 1.06. The van der Waals surface area contributed by atoms with E-state index >= 15 is 0 Å². The van der Waals surface area contributed by atoms with Crippen LogP contribution in [0.25, 0.3) is 76.9 Å². The molecule has 0 aliphatic carbocycles. The largest absolute Gasteiger partial charge is 0.456 e. The number of hydrogen-bond donors (Lipinski definition) is 0. The predicted molar refractivity (Wildman–Crippen MR) is 204 cm³/mol. The lowest BCUT2D eigenvalue weighted by molar-refractivity contribution is 0.487. The molecule has 0 atom stereocenters. The van der Waals surface area contributed by atoms with Crippen molar-refractivity contribution in [2.45, 2.75) is 0 Å². The minimum atomic E-state index is 0.850. The highest BCUT2D eigenvalue weighted by atomic mass is 16.5. The van der Waals surface area contributed by atoms with E-state index in [0.29, 0.717) is 0 Å². The van der Waals surface area contributed by atoms with Gasteiger partial charge in [-0.2, -0.15) is 0 Å². The van der Waals surface area contributed by atoms with Crippen LogP contribution in [-0.4, -0.2) is 0 Å². The second-order valence-corrected chi connectivity index (χ2v) is 12.9. The molecule has 0 N–H and O–H groups in total. The van der Waals surface area contributed by atoms with Crippen LogP contribution in [0, 0.1) is 0 Å². The third-order valence-corrected chi connectivity index (χ3v) is 10.1. The minimum Gasteiger partial charge on any atom is -0.456 e. The maximum absolute atomic E-state index is 6.37. The zero-order chi connectivity index (χ0) is 32.8. The molecule has 11 rings (SSSR count). The molecule has 0 saturated heterocycles. The lowest BCUT2D eigenvalue weighted by Gasteiger charge is -2.26. The molecule has 234 valence electrons. The summed E-state index contributed by atoms with van der Waals surface area (Å²) < 4.78 is 19.1. The van der Waals surface area contributed by atoms with E-state index in [1.54, 1.807) is 0 Å². The molecule has 50 heavy (non-hydrogen) atoms. The summed E-state index contributed by atoms with van der Waals surface area (Å²) in [7, 11) is 0. The molecule has 8 aromatic carbocycles. The molecule has 1 aliphatic heterocycles. The first-order chi connectivity index (χ1) is 24.8. The van der Waals surface area contributed by atoms with Gasteiger partial charge < -0.3 is 18.5 Å². The van der Waals surface area contributed by atoms with E-state index in [1.807, 2.05) is 36.4 Å². The van der Waals surface area contributed by atoms with Gasteiger partial charge in [-0.3, -0.25) is 0 Å². The summed E-state index contributed by atoms with van der Waals surface area (Å²) in [5.41, 5.74) is 11.1. The third-order valence-electron chi connectivity index (χ3n) is 10.1. The maximum atomic E-state index is 6.37. The van der Waals surface area contributed by atoms with Crippen molar-refractivity contribution in [3.63, 3.8) is 0 Å². The van der Waals surface area contributed by atoms with Crippen molar-refractivity contribution in [1.82, 2.24) is 0 Å². The molecule has 2 aromatic heterocycles. The maximum Gasteiger partial charge on any atom is 0.137 e. The summed E-state index contributed by atoms with van der Waals surface area (Å²) >= 11 is 0. The van der Waals surface area contributed by atoms with E-state index in [4.69, 9.17) is 13.6 Å². The van der Waals surface area contributed by atoms with Crippen molar-refractivity contribution in [2.75, 3.05) is 4.90 Å². The van der Waals surface area contributed by atoms with Gasteiger partial charge in [0.15, 0.2) is 0 Å². The minimum absolute atomic E-state index is 0.850. The van der Waals surface area contributed by atoms with Gasteiger partial charge in [-0.1, -0.05) is 91.0 Å². The predicted octanol–water partition coefficient (Wildman–Crippen LogP) is 13.5. The van der Waals surface area contributed by atoms with Crippen molar-refractivity contribution in [3.05, 3.63) is 164 Å². The molecule has 4 nitrogen and oxygen atoms in total. The van der Waals surface area contributed by atoms with Crippen LogP contribution >= 0.6 is 0 Å². The molecule has 0 saturated carbocycles. The van der Waals surface area contributed by atoms with Crippen molar-refractivity contribution in [1.29, 1.82) is 0 Å². The van der Waals surface area contributed by atoms with Crippen LogP contribution in [0.4, 0.5) is 17.1 Å². The van der Waals surface area contributed by atoms with Crippen LogP contribution in [0.1, 0.15) is 0 Å². The van der Waals surface area contributed by atoms with Gasteiger partial charge in [0.2, 0.25) is 0 Å². The number of benzene rings is 8. The zero-order valence-corrected chi connectivity index (χ0v) is 26.8. The number of anilines is 3. The van der Waals surface area contributed by atoms with Crippen LogP contribution in [0.2, 0.25) is 0 Å². The average molecular weight is 642 g/mol. The van der Waals surface area contributed by atoms with E-state index < -0.39 is 0 Å². The van der Waals surface area contributed by atoms with E-state index in [-0.39, 0.29) is 0 Å². The number of furan rings is 2. The first-order valence-corrected chi connectivity index (χ1v) is 16.8. The quantitative estimate of drug-likeness (QED) is 0.192. The average Bonchev–Trinajstić information content (AvgIpc) is 3.73. The van der Waals surface area contributed by atoms with Gasteiger partial charge in [0.1, 0.15) is 33.8 Å². The number of nitrogens with zero attached hydrogens (tertiary/aromatic N) is 1. The number of hydrogen-bond acceptors (Lipinski definition) is 4. The standard InChI is InChI=1S/C46H27NO3/c1-4-12-40-33(8-1)36-22-20-30(26-44(36)49-40)47(31-21-23-37-34-9-2-5-13-41(34)50-45(37)27-31)29-18-16-28(17-19-29)32-24-25-39-35-10-3-6-14-42(35)48-43-15-7-11-38(32)46(39)43/h1-27H. The van der Waals surface area contributed by atoms with Crippen LogP contribution in [-0.2, 0) is 0 Å². The lowest BCUT2D eigenvalue weighted by Crippen LogP contribution is -2.09. The Bertz CT molecular complexity index is 2850. The topological polar surface area (TPSA) is 38.8 Å². The number of fused-ring (bicyclic) bond motifs is 8. The molecule has 0 radical (unpaired) electrons. The highest BCUT2D eigenvalue weighted by Gasteiger charge is 2.22. The molecular weight excluding hydrogens is 615 g/mol. The van der Waals surface area contributed by atoms with Gasteiger partial charge in [-0.25, -0.2) is 0 Å². The van der Waals surface area contributed by atoms with Crippen LogP contribution in [0.5, 0.6) is 11.5 Å². The Morgan fingerprint density at radius 1 is 0.340 bits per heavy atom. The summed E-state index contributed by atoms with van der Waals surface area (Å²) in [6, 6.07) is 57.2. The van der Waals surface area contributed by atoms with Crippen molar-refractivity contribution >= 4 is 71.7 Å². The fourth-order valence-electron chi connectivity index (χ4n) is 7.78. The monoisotopic (exact) mass is 641 g/mol. The van der Waals surface area contributed by atoms with Gasteiger partial charge >= 0.3 is 0 Å². The summed E-state index contributed by atoms with van der Waals surface area (Å²) in [6.07, 6.45) is 0. The highest BCUT2D eigenvalue weighted by Crippen LogP contribution is 2.49. The molecule has 1 aliphatic rings. The molecular formula is C46H27NO3. The lowest BCUT2D eigenvalue weighted by atomic mass is 9.90. The van der Waals surface area contributed by atoms with Gasteiger partial charge in [-0.05, 0) is 82.7 Å². The zero-order valence-electron chi connectivity index (χ0n) is 26.8. The van der Waals surface area contributed by atoms with Gasteiger partial charge in [0.25, 0.3) is 0 Å². The Morgan fingerprint density at radius 3 is 1.58 bits per heavy atom. The molecule has 0 fully saturated rings. The first-order valence-electron chi connectivity index (χ1n) is 16.8. The van der Waals surface area contributed by atoms with Crippen molar-refractivity contribution in [3.8, 4) is 33.8 Å². The first kappa shape index (κ1) is 27.2.